The molecule has 22 heavy (non-hydrogen) atoms. The molecule has 0 aliphatic carbocycles. The van der Waals surface area contributed by atoms with Crippen molar-refractivity contribution in [2.24, 2.45) is 0 Å². The van der Waals surface area contributed by atoms with E-state index in [9.17, 15) is 9.90 Å². The number of hydrogen-bond acceptors (Lipinski definition) is 3. The first-order valence-electron chi connectivity index (χ1n) is 6.32. The van der Waals surface area contributed by atoms with Crippen LogP contribution in [-0.2, 0) is 13.2 Å². The molecule has 0 fully saturated rings. The quantitative estimate of drug-likeness (QED) is 0.688. The van der Waals surface area contributed by atoms with Gasteiger partial charge in [-0.25, -0.2) is 4.79 Å². The highest BCUT2D eigenvalue weighted by Crippen LogP contribution is 2.39. The number of carboxylic acid groups (broad SMARTS) is 1. The van der Waals surface area contributed by atoms with Crippen molar-refractivity contribution in [1.29, 1.82) is 0 Å². The largest absolute Gasteiger partial charge is 0.465 e. The van der Waals surface area contributed by atoms with Gasteiger partial charge in [0.05, 0.1) is 11.6 Å². The normalized spacial score (nSPS) is 10.5. The number of aliphatic hydroxyl groups excluding tert-OH is 1. The van der Waals surface area contributed by atoms with E-state index in [-0.39, 0.29) is 13.2 Å². The summed E-state index contributed by atoms with van der Waals surface area (Å²) in [4.78, 5) is 12.4. The van der Waals surface area contributed by atoms with E-state index < -0.39 is 6.09 Å². The van der Waals surface area contributed by atoms with E-state index in [1.807, 2.05) is 30.3 Å². The summed E-state index contributed by atoms with van der Waals surface area (Å²) in [6.07, 6.45) is -1.09. The molecule has 2 aromatic rings. The summed E-state index contributed by atoms with van der Waals surface area (Å²) in [6, 6.07) is 11.0. The molecule has 1 amide bonds. The highest BCUT2D eigenvalue weighted by molar-refractivity contribution is 9.10. The molecule has 7 heteroatoms. The first-order chi connectivity index (χ1) is 10.5. The Hall–Kier alpha value is -1.21. The average molecular weight is 403 g/mol. The minimum atomic E-state index is -1.09. The maximum atomic E-state index is 10.7. The Morgan fingerprint density at radius 2 is 2.00 bits per heavy atom. The summed E-state index contributed by atoms with van der Waals surface area (Å²) < 4.78 is 0.777. The van der Waals surface area contributed by atoms with Crippen LogP contribution in [0, 0.1) is 0 Å². The smallest absolute Gasteiger partial charge is 0.404 e. The Morgan fingerprint density at radius 3 is 2.68 bits per heavy atom. The lowest BCUT2D eigenvalue weighted by atomic mass is 10.2. The zero-order chi connectivity index (χ0) is 16.1. The van der Waals surface area contributed by atoms with Gasteiger partial charge in [-0.1, -0.05) is 57.5 Å². The van der Waals surface area contributed by atoms with Crippen LogP contribution in [0.15, 0.2) is 50.7 Å². The molecule has 0 bridgehead atoms. The second-order valence-electron chi connectivity index (χ2n) is 4.40. The van der Waals surface area contributed by atoms with Crippen LogP contribution in [0.1, 0.15) is 11.1 Å². The maximum Gasteiger partial charge on any atom is 0.404 e. The molecule has 4 nitrogen and oxygen atoms in total. The molecule has 2 rings (SSSR count). The Morgan fingerprint density at radius 1 is 1.27 bits per heavy atom. The van der Waals surface area contributed by atoms with Crippen molar-refractivity contribution in [3.05, 3.63) is 57.0 Å². The predicted molar refractivity (Wildman–Crippen MR) is 90.5 cm³/mol. The van der Waals surface area contributed by atoms with Gasteiger partial charge in [0.1, 0.15) is 0 Å². The van der Waals surface area contributed by atoms with Crippen LogP contribution in [0.25, 0.3) is 0 Å². The number of benzene rings is 2. The topological polar surface area (TPSA) is 69.6 Å². The maximum absolute atomic E-state index is 10.7. The summed E-state index contributed by atoms with van der Waals surface area (Å²) in [5.74, 6) is 0. The van der Waals surface area contributed by atoms with Gasteiger partial charge in [0, 0.05) is 20.8 Å². The summed E-state index contributed by atoms with van der Waals surface area (Å²) in [6.45, 7) is 0.0815. The number of amides is 1. The van der Waals surface area contributed by atoms with Crippen LogP contribution < -0.4 is 5.32 Å². The van der Waals surface area contributed by atoms with E-state index in [4.69, 9.17) is 16.7 Å². The molecule has 116 valence electrons. The van der Waals surface area contributed by atoms with Crippen LogP contribution >= 0.6 is 39.3 Å². The van der Waals surface area contributed by atoms with E-state index in [1.54, 1.807) is 6.07 Å². The summed E-state index contributed by atoms with van der Waals surface area (Å²) >= 11 is 11.1. The number of hydrogen-bond donors (Lipinski definition) is 3. The van der Waals surface area contributed by atoms with Crippen molar-refractivity contribution in [2.45, 2.75) is 22.9 Å². The molecule has 0 aromatic heterocycles. The molecule has 0 atom stereocenters. The molecule has 0 spiro atoms. The SMILES string of the molecule is O=C(O)NCc1cc(Br)cc(Cl)c1Sc1ccccc1CO. The highest BCUT2D eigenvalue weighted by Gasteiger charge is 2.13. The number of halogens is 2. The van der Waals surface area contributed by atoms with Gasteiger partial charge in [-0.2, -0.15) is 0 Å². The fourth-order valence-electron chi connectivity index (χ4n) is 1.87. The zero-order valence-electron chi connectivity index (χ0n) is 11.3. The molecule has 0 aliphatic heterocycles. The van der Waals surface area contributed by atoms with Gasteiger partial charge in [0.2, 0.25) is 0 Å². The Labute approximate surface area is 145 Å². The van der Waals surface area contributed by atoms with Crippen LogP contribution in [0.2, 0.25) is 5.02 Å². The van der Waals surface area contributed by atoms with Crippen molar-refractivity contribution >= 4 is 45.4 Å². The van der Waals surface area contributed by atoms with Gasteiger partial charge < -0.3 is 15.5 Å². The Balaban J connectivity index is 2.38. The lowest BCUT2D eigenvalue weighted by Crippen LogP contribution is -2.20. The predicted octanol–water partition coefficient (Wildman–Crippen LogP) is 4.51. The minimum Gasteiger partial charge on any atom is -0.465 e. The summed E-state index contributed by atoms with van der Waals surface area (Å²) in [5, 5.41) is 21.1. The Kier molecular flexibility index (Phi) is 6.14. The van der Waals surface area contributed by atoms with Gasteiger partial charge in [-0.3, -0.25) is 0 Å². The summed E-state index contributed by atoms with van der Waals surface area (Å²) in [5.41, 5.74) is 1.56. The fourth-order valence-corrected chi connectivity index (χ4v) is 3.91. The van der Waals surface area contributed by atoms with Crippen LogP contribution in [0.3, 0.4) is 0 Å². The molecular formula is C15H13BrClNO3S. The zero-order valence-corrected chi connectivity index (χ0v) is 14.5. The fraction of sp³-hybridized carbons (Fsp3) is 0.133. The molecule has 0 saturated heterocycles. The lowest BCUT2D eigenvalue weighted by Gasteiger charge is -2.14. The molecule has 0 saturated carbocycles. The monoisotopic (exact) mass is 401 g/mol. The van der Waals surface area contributed by atoms with E-state index >= 15 is 0 Å². The third kappa shape index (κ3) is 4.39. The van der Waals surface area contributed by atoms with Crippen molar-refractivity contribution in [3.63, 3.8) is 0 Å². The second kappa shape index (κ2) is 7.87. The molecule has 0 unspecified atom stereocenters. The highest BCUT2D eigenvalue weighted by atomic mass is 79.9. The third-order valence-electron chi connectivity index (χ3n) is 2.87. The van der Waals surface area contributed by atoms with Crippen molar-refractivity contribution in [1.82, 2.24) is 5.32 Å². The van der Waals surface area contributed by atoms with Crippen molar-refractivity contribution in [3.8, 4) is 0 Å². The summed E-state index contributed by atoms with van der Waals surface area (Å²) in [7, 11) is 0. The standard InChI is InChI=1S/C15H13BrClNO3S/c16-11-5-10(7-18-15(20)21)14(12(17)6-11)22-13-4-2-1-3-9(13)8-19/h1-6,18-19H,7-8H2,(H,20,21). The first kappa shape index (κ1) is 17.1. The van der Waals surface area contributed by atoms with Crippen LogP contribution in [0.4, 0.5) is 4.79 Å². The van der Waals surface area contributed by atoms with Crippen molar-refractivity contribution < 1.29 is 15.0 Å². The van der Waals surface area contributed by atoms with E-state index in [0.717, 1.165) is 25.4 Å². The average Bonchev–Trinajstić information content (AvgIpc) is 2.48. The van der Waals surface area contributed by atoms with Crippen molar-refractivity contribution in [2.75, 3.05) is 0 Å². The van der Waals surface area contributed by atoms with Crippen LogP contribution in [-0.4, -0.2) is 16.3 Å². The Bertz CT molecular complexity index is 696. The number of nitrogens with one attached hydrogen (secondary N) is 1. The van der Waals surface area contributed by atoms with Gasteiger partial charge in [0.25, 0.3) is 0 Å². The molecule has 0 radical (unpaired) electrons. The van der Waals surface area contributed by atoms with Gasteiger partial charge in [-0.15, -0.1) is 0 Å². The lowest BCUT2D eigenvalue weighted by molar-refractivity contribution is 0.194. The molecule has 3 N–H and O–H groups in total. The minimum absolute atomic E-state index is 0.0694. The van der Waals surface area contributed by atoms with Gasteiger partial charge in [0.15, 0.2) is 0 Å². The molecule has 2 aromatic carbocycles. The molecule has 0 heterocycles. The van der Waals surface area contributed by atoms with Crippen LogP contribution in [0.5, 0.6) is 0 Å². The van der Waals surface area contributed by atoms with E-state index in [2.05, 4.69) is 21.2 Å². The molecule has 0 aliphatic rings. The van der Waals surface area contributed by atoms with E-state index in [1.165, 1.54) is 11.8 Å². The number of carbonyl (C=O) groups is 1. The second-order valence-corrected chi connectivity index (χ2v) is 6.78. The van der Waals surface area contributed by atoms with Gasteiger partial charge in [-0.05, 0) is 29.3 Å². The third-order valence-corrected chi connectivity index (χ3v) is 5.04. The molecular weight excluding hydrogens is 390 g/mol. The first-order valence-corrected chi connectivity index (χ1v) is 8.31. The number of rotatable bonds is 5. The van der Waals surface area contributed by atoms with Gasteiger partial charge >= 0.3 is 6.09 Å². The van der Waals surface area contributed by atoms with E-state index in [0.29, 0.717) is 5.02 Å². The number of aliphatic hydroxyl groups is 1.